The average molecular weight is 1630 g/mol. The van der Waals surface area contributed by atoms with Crippen molar-refractivity contribution in [2.75, 3.05) is 51.2 Å². The van der Waals surface area contributed by atoms with E-state index in [2.05, 4.69) is 90.0 Å². The van der Waals surface area contributed by atoms with Gasteiger partial charge in [-0.2, -0.15) is 0 Å². The number of hydrogen-bond donors (Lipinski definition) is 3. The molecule has 3 N–H and O–H groups in total. The topological polar surface area (TPSA) is 266 Å². The van der Waals surface area contributed by atoms with Crippen LogP contribution in [0, 0.1) is 19.2 Å². The van der Waals surface area contributed by atoms with Gasteiger partial charge in [0.2, 0.25) is 11.8 Å². The summed E-state index contributed by atoms with van der Waals surface area (Å²) in [5.41, 5.74) is 10.5. The van der Waals surface area contributed by atoms with Crippen LogP contribution in [0.25, 0.3) is 10.6 Å². The first kappa shape index (κ1) is 73.1. The Bertz CT molecular complexity index is 3950. The van der Waals surface area contributed by atoms with E-state index in [0.29, 0.717) is 97.4 Å². The molecule has 6 aromatic carbocycles. The number of nitrogens with one attached hydrogen (secondary N) is 2. The second-order valence-corrected chi connectivity index (χ2v) is 29.8. The minimum atomic E-state index is -1.31. The summed E-state index contributed by atoms with van der Waals surface area (Å²) in [6.45, 7) is 3.27. The van der Waals surface area contributed by atoms with Crippen LogP contribution in [0.2, 0.25) is 0 Å². The van der Waals surface area contributed by atoms with E-state index in [9.17, 15) is 29.4 Å². The molecule has 6 heterocycles. The maximum atomic E-state index is 13.7. The number of halogens is 2. The van der Waals surface area contributed by atoms with Crippen molar-refractivity contribution in [1.82, 2.24) is 19.8 Å². The van der Waals surface area contributed by atoms with Gasteiger partial charge in [0.05, 0.1) is 40.6 Å². The van der Waals surface area contributed by atoms with Crippen molar-refractivity contribution in [3.63, 3.8) is 0 Å². The zero-order chi connectivity index (χ0) is 69.4. The Hall–Kier alpha value is -7.65. The molecular formula is C78H81I2N10NiO10. The zero-order valence-electron chi connectivity index (χ0n) is 56.3. The molecule has 6 atom stereocenters. The zero-order valence-corrected chi connectivity index (χ0v) is 61.6. The summed E-state index contributed by atoms with van der Waals surface area (Å²) >= 11 is 4.17. The third-order valence-electron chi connectivity index (χ3n) is 21.5. The maximum Gasteiger partial charge on any atom is 3.00 e. The van der Waals surface area contributed by atoms with Crippen molar-refractivity contribution in [1.29, 1.82) is 0 Å². The van der Waals surface area contributed by atoms with Gasteiger partial charge in [0, 0.05) is 33.3 Å². The standard InChI is InChI=1S/2C39H41IN5O5.Ni/c2*1-45-21-11-18-38(45)23-28(24-38)32(35-42-31(40)25-49-35)34(36(46)47)43-33(27-14-6-3-7-15-27)29-16-8-9-17-30(29)44-50-37(48)39(19-10-20-41-39)22-26-12-4-2-5-13-26;/h2*2-9,12-17,25,28,32,34,44H,10-11,18-24H2,1H3,(H,46,47);/q2*-1;+3/p-1/t2*28?,32?,34?,38?,39-;/m11./s1. The molecule has 1 radical (unpaired) electrons. The van der Waals surface area contributed by atoms with Crippen LogP contribution >= 0.6 is 45.2 Å². The van der Waals surface area contributed by atoms with Gasteiger partial charge < -0.3 is 54.0 Å². The predicted molar refractivity (Wildman–Crippen MR) is 396 cm³/mol. The number of para-hydroxylation sites is 2. The van der Waals surface area contributed by atoms with Crippen LogP contribution < -0.4 is 16.1 Å². The van der Waals surface area contributed by atoms with E-state index in [1.54, 1.807) is 24.7 Å². The van der Waals surface area contributed by atoms with Crippen molar-refractivity contribution in [3.05, 3.63) is 246 Å². The van der Waals surface area contributed by atoms with Crippen LogP contribution in [0.5, 0.6) is 0 Å². The summed E-state index contributed by atoms with van der Waals surface area (Å²) in [5, 5.41) is 33.5. The molecule has 4 saturated heterocycles. The molecule has 527 valence electrons. The number of aliphatic carboxylic acids is 2. The molecule has 6 fully saturated rings. The normalized spacial score (nSPS) is 24.6. The van der Waals surface area contributed by atoms with Crippen molar-refractivity contribution in [2.24, 2.45) is 21.8 Å². The number of oxazole rings is 2. The SMILES string of the molecule is CN1CCCC12CC(C(c1nc(I)co1)C(N=C(c1ccccc1)c1ccccc1NOC(=O)[C@]1(Cc3ccccc3)CCC[N-]1)C(=O)O)C2.CN1CCCC12CC(C(c1nc(I)co1)C(N=C(c1ccccc1)c1ccccc1NOC(=O)[C@]1(Cc3ccccc3)CCC[N-]1)C(=O)[O-])C2.[Ni+3]. The molecule has 2 aromatic heterocycles. The number of aliphatic imine (C=N–C) groups is 2. The number of benzene rings is 6. The Balaban J connectivity index is 0.000000189. The molecule has 14 rings (SSSR count). The third-order valence-corrected chi connectivity index (χ3v) is 22.5. The predicted octanol–water partition coefficient (Wildman–Crippen LogP) is 13.2. The number of carboxylic acids is 2. The number of hydrogen-bond acceptors (Lipinski definition) is 17. The molecule has 23 heteroatoms. The van der Waals surface area contributed by atoms with E-state index >= 15 is 0 Å². The molecule has 4 unspecified atom stereocenters. The first-order valence-corrected chi connectivity index (χ1v) is 36.6. The van der Waals surface area contributed by atoms with E-state index in [0.717, 1.165) is 94.0 Å². The van der Waals surface area contributed by atoms with E-state index in [1.165, 1.54) is 0 Å². The Kier molecular flexibility index (Phi) is 23.4. The summed E-state index contributed by atoms with van der Waals surface area (Å²) in [6.07, 6.45) is 14.6. The van der Waals surface area contributed by atoms with Crippen molar-refractivity contribution >= 4 is 91.9 Å². The maximum absolute atomic E-state index is 13.7. The molecule has 4 aliphatic heterocycles. The summed E-state index contributed by atoms with van der Waals surface area (Å²) in [4.78, 5) is 89.8. The summed E-state index contributed by atoms with van der Waals surface area (Å²) in [5.74, 6) is -3.74. The Morgan fingerprint density at radius 2 is 0.941 bits per heavy atom. The fourth-order valence-corrected chi connectivity index (χ4v) is 17.0. The van der Waals surface area contributed by atoms with Gasteiger partial charge in [-0.1, -0.05) is 183 Å². The molecule has 2 spiro atoms. The summed E-state index contributed by atoms with van der Waals surface area (Å²) in [7, 11) is 4.31. The van der Waals surface area contributed by atoms with Crippen molar-refractivity contribution < 1.29 is 64.4 Å². The van der Waals surface area contributed by atoms with Gasteiger partial charge in [0.15, 0.2) is 6.04 Å². The van der Waals surface area contributed by atoms with Gasteiger partial charge in [-0.15, -0.1) is 13.1 Å². The number of rotatable bonds is 24. The number of carbonyl (C=O) groups excluding carboxylic acids is 3. The van der Waals surface area contributed by atoms with E-state index in [1.807, 2.05) is 158 Å². The molecule has 2 aliphatic carbocycles. The second-order valence-electron chi connectivity index (χ2n) is 27.6. The van der Waals surface area contributed by atoms with Crippen LogP contribution in [0.4, 0.5) is 11.4 Å². The largest absolute Gasteiger partial charge is 3.00 e. The minimum absolute atomic E-state index is 0. The molecular weight excluding hydrogens is 1550 g/mol. The van der Waals surface area contributed by atoms with Gasteiger partial charge in [-0.3, -0.25) is 19.6 Å². The molecule has 20 nitrogen and oxygen atoms in total. The number of carbonyl (C=O) groups is 4. The van der Waals surface area contributed by atoms with E-state index in [-0.39, 0.29) is 39.4 Å². The molecule has 8 aromatic rings. The van der Waals surface area contributed by atoms with E-state index < -0.39 is 58.9 Å². The van der Waals surface area contributed by atoms with Crippen LogP contribution in [-0.4, -0.2) is 135 Å². The molecule has 6 aliphatic rings. The van der Waals surface area contributed by atoms with Crippen LogP contribution in [0.15, 0.2) is 201 Å². The van der Waals surface area contributed by atoms with Crippen LogP contribution in [0.3, 0.4) is 0 Å². The second kappa shape index (κ2) is 32.3. The monoisotopic (exact) mass is 1630 g/mol. The van der Waals surface area contributed by atoms with Gasteiger partial charge in [-0.25, -0.2) is 25.7 Å². The Morgan fingerprint density at radius 1 is 0.564 bits per heavy atom. The van der Waals surface area contributed by atoms with Gasteiger partial charge in [0.25, 0.3) is 0 Å². The number of likely N-dealkylation sites (tertiary alicyclic amines) is 2. The number of anilines is 2. The summed E-state index contributed by atoms with van der Waals surface area (Å²) < 4.78 is 13.2. The van der Waals surface area contributed by atoms with Crippen LogP contribution in [-0.2, 0) is 58.2 Å². The first-order valence-electron chi connectivity index (χ1n) is 34.5. The quantitative estimate of drug-likeness (QED) is 0.0220. The minimum Gasteiger partial charge on any atom is -0.647 e. The fraction of sp³-hybridized carbons (Fsp3) is 0.385. The Morgan fingerprint density at radius 3 is 1.29 bits per heavy atom. The molecule has 2 saturated carbocycles. The number of aromatic nitrogens is 2. The molecule has 0 bridgehead atoms. The van der Waals surface area contributed by atoms with E-state index in [4.69, 9.17) is 39.1 Å². The van der Waals surface area contributed by atoms with Gasteiger partial charge >= 0.3 is 34.4 Å². The molecule has 101 heavy (non-hydrogen) atoms. The smallest absolute Gasteiger partial charge is 0.647 e. The third kappa shape index (κ3) is 16.1. The fourth-order valence-electron chi connectivity index (χ4n) is 16.3. The van der Waals surface area contributed by atoms with Crippen molar-refractivity contribution in [2.45, 2.75) is 136 Å². The Labute approximate surface area is 625 Å². The van der Waals surface area contributed by atoms with Gasteiger partial charge in [0.1, 0.15) is 26.0 Å². The number of nitrogens with zero attached hydrogens (tertiary/aromatic N) is 8. The summed E-state index contributed by atoms with van der Waals surface area (Å²) in [6, 6.07) is 50.7. The van der Waals surface area contributed by atoms with Crippen molar-refractivity contribution in [3.8, 4) is 0 Å². The molecule has 0 amide bonds. The first-order chi connectivity index (χ1) is 48.5. The van der Waals surface area contributed by atoms with Gasteiger partial charge in [-0.05, 0) is 183 Å². The van der Waals surface area contributed by atoms with Crippen LogP contribution in [0.1, 0.15) is 134 Å². The number of carboxylic acid groups (broad SMARTS) is 2. The average Bonchev–Trinajstić information content (AvgIpc) is 1.70.